The predicted molar refractivity (Wildman–Crippen MR) is 62.9 cm³/mol. The Balaban J connectivity index is 2.47. The maximum Gasteiger partial charge on any atom is 0.138 e. The molecule has 0 saturated heterocycles. The maximum atomic E-state index is 11.5. The first kappa shape index (κ1) is 11.3. The topological polar surface area (TPSA) is 17.1 Å². The van der Waals surface area contributed by atoms with Gasteiger partial charge in [-0.25, -0.2) is 0 Å². The number of rotatable bonds is 5. The molecule has 0 spiro atoms. The van der Waals surface area contributed by atoms with Crippen LogP contribution in [0.25, 0.3) is 0 Å². The van der Waals surface area contributed by atoms with Gasteiger partial charge in [0, 0.05) is 12.8 Å². The van der Waals surface area contributed by atoms with Crippen LogP contribution < -0.4 is 0 Å². The molecule has 76 valence electrons. The Morgan fingerprint density at radius 1 is 1.43 bits per heavy atom. The smallest absolute Gasteiger partial charge is 0.138 e. The minimum absolute atomic E-state index is 0.338. The number of hydrogen-bond donors (Lipinski definition) is 0. The summed E-state index contributed by atoms with van der Waals surface area (Å²) < 4.78 is 0. The molecule has 1 aromatic carbocycles. The summed E-state index contributed by atoms with van der Waals surface area (Å²) >= 11 is 1.72. The second-order valence-corrected chi connectivity index (χ2v) is 4.43. The molecule has 0 radical (unpaired) electrons. The van der Waals surface area contributed by atoms with Crippen molar-refractivity contribution in [3.8, 4) is 0 Å². The van der Waals surface area contributed by atoms with Crippen molar-refractivity contribution in [3.63, 3.8) is 0 Å². The molecule has 14 heavy (non-hydrogen) atoms. The summed E-state index contributed by atoms with van der Waals surface area (Å²) in [6.45, 7) is 2.05. The Morgan fingerprint density at radius 2 is 2.21 bits per heavy atom. The van der Waals surface area contributed by atoms with Gasteiger partial charge in [0.25, 0.3) is 0 Å². The van der Waals surface area contributed by atoms with Gasteiger partial charge in [0.15, 0.2) is 0 Å². The summed E-state index contributed by atoms with van der Waals surface area (Å²) in [6.07, 6.45) is 3.30. The zero-order chi connectivity index (χ0) is 10.4. The lowest BCUT2D eigenvalue weighted by atomic mass is 10.1. The van der Waals surface area contributed by atoms with E-state index in [4.69, 9.17) is 0 Å². The van der Waals surface area contributed by atoms with Crippen molar-refractivity contribution >= 4 is 17.5 Å². The molecular weight excluding hydrogens is 192 g/mol. The summed E-state index contributed by atoms with van der Waals surface area (Å²) in [4.78, 5) is 11.5. The van der Waals surface area contributed by atoms with Gasteiger partial charge in [-0.3, -0.25) is 4.79 Å². The molecule has 1 rings (SSSR count). The van der Waals surface area contributed by atoms with Crippen LogP contribution in [0.1, 0.15) is 17.5 Å². The van der Waals surface area contributed by atoms with Crippen molar-refractivity contribution in [3.05, 3.63) is 35.4 Å². The van der Waals surface area contributed by atoms with Crippen LogP contribution in [0.4, 0.5) is 0 Å². The fourth-order valence-electron chi connectivity index (χ4n) is 1.35. The average Bonchev–Trinajstić information content (AvgIpc) is 2.15. The molecule has 0 atom stereocenters. The minimum atomic E-state index is 0.338. The molecule has 0 fully saturated rings. The molecule has 0 N–H and O–H groups in total. The minimum Gasteiger partial charge on any atom is -0.299 e. The lowest BCUT2D eigenvalue weighted by Crippen LogP contribution is -2.03. The van der Waals surface area contributed by atoms with E-state index in [1.54, 1.807) is 11.8 Å². The highest BCUT2D eigenvalue weighted by molar-refractivity contribution is 7.98. The van der Waals surface area contributed by atoms with Gasteiger partial charge in [0.2, 0.25) is 0 Å². The Bertz CT molecular complexity index is 307. The molecule has 0 bridgehead atoms. The summed E-state index contributed by atoms with van der Waals surface area (Å²) in [5.41, 5.74) is 2.36. The van der Waals surface area contributed by atoms with E-state index < -0.39 is 0 Å². The Labute approximate surface area is 89.9 Å². The zero-order valence-corrected chi connectivity index (χ0v) is 9.56. The molecule has 0 saturated carbocycles. The van der Waals surface area contributed by atoms with E-state index in [0.29, 0.717) is 18.6 Å². The molecule has 0 heterocycles. The van der Waals surface area contributed by atoms with Crippen LogP contribution in [0.2, 0.25) is 0 Å². The van der Waals surface area contributed by atoms with Crippen LogP contribution >= 0.6 is 11.8 Å². The number of hydrogen-bond acceptors (Lipinski definition) is 2. The Hall–Kier alpha value is -0.760. The highest BCUT2D eigenvalue weighted by Gasteiger charge is 2.02. The molecular formula is C12H16OS. The van der Waals surface area contributed by atoms with Gasteiger partial charge >= 0.3 is 0 Å². The SMILES string of the molecule is CSCCC(=O)Cc1cccc(C)c1. The highest BCUT2D eigenvalue weighted by atomic mass is 32.2. The van der Waals surface area contributed by atoms with Crippen molar-refractivity contribution < 1.29 is 4.79 Å². The van der Waals surface area contributed by atoms with Crippen LogP contribution in [0.3, 0.4) is 0 Å². The normalized spacial score (nSPS) is 10.1. The fraction of sp³-hybridized carbons (Fsp3) is 0.417. The van der Waals surface area contributed by atoms with E-state index in [9.17, 15) is 4.79 Å². The van der Waals surface area contributed by atoms with Crippen LogP contribution in [0.15, 0.2) is 24.3 Å². The molecule has 0 aliphatic heterocycles. The number of ketones is 1. The van der Waals surface area contributed by atoms with Gasteiger partial charge in [-0.15, -0.1) is 0 Å². The summed E-state index contributed by atoms with van der Waals surface area (Å²) in [7, 11) is 0. The van der Waals surface area contributed by atoms with Crippen molar-refractivity contribution in [1.29, 1.82) is 0 Å². The van der Waals surface area contributed by atoms with Gasteiger partial charge in [-0.05, 0) is 24.5 Å². The summed E-state index contributed by atoms with van der Waals surface area (Å²) in [6, 6.07) is 8.16. The maximum absolute atomic E-state index is 11.5. The van der Waals surface area contributed by atoms with Crippen molar-refractivity contribution in [2.45, 2.75) is 19.8 Å². The molecule has 0 aromatic heterocycles. The van der Waals surface area contributed by atoms with E-state index >= 15 is 0 Å². The van der Waals surface area contributed by atoms with E-state index in [1.165, 1.54) is 5.56 Å². The second-order valence-electron chi connectivity index (χ2n) is 3.45. The van der Waals surface area contributed by atoms with E-state index in [2.05, 4.69) is 19.1 Å². The van der Waals surface area contributed by atoms with Crippen molar-refractivity contribution in [2.24, 2.45) is 0 Å². The summed E-state index contributed by atoms with van der Waals surface area (Å²) in [5.74, 6) is 1.27. The first-order chi connectivity index (χ1) is 6.72. The van der Waals surface area contributed by atoms with Crippen molar-refractivity contribution in [2.75, 3.05) is 12.0 Å². The lowest BCUT2D eigenvalue weighted by Gasteiger charge is -2.01. The van der Waals surface area contributed by atoms with Gasteiger partial charge < -0.3 is 0 Å². The standard InChI is InChI=1S/C12H16OS/c1-10-4-3-5-11(8-10)9-12(13)6-7-14-2/h3-5,8H,6-7,9H2,1-2H3. The number of aryl methyl sites for hydroxylation is 1. The number of carbonyl (C=O) groups excluding carboxylic acids is 1. The molecule has 0 amide bonds. The first-order valence-electron chi connectivity index (χ1n) is 4.78. The highest BCUT2D eigenvalue weighted by Crippen LogP contribution is 2.07. The van der Waals surface area contributed by atoms with Gasteiger partial charge in [0.1, 0.15) is 5.78 Å². The van der Waals surface area contributed by atoms with Gasteiger partial charge in [0.05, 0.1) is 0 Å². The predicted octanol–water partition coefficient (Wildman–Crippen LogP) is 2.86. The molecule has 0 aliphatic rings. The van der Waals surface area contributed by atoms with Crippen LogP contribution in [-0.2, 0) is 11.2 Å². The van der Waals surface area contributed by atoms with E-state index in [-0.39, 0.29) is 0 Å². The van der Waals surface area contributed by atoms with Crippen LogP contribution in [-0.4, -0.2) is 17.8 Å². The first-order valence-corrected chi connectivity index (χ1v) is 6.18. The third kappa shape index (κ3) is 3.97. The van der Waals surface area contributed by atoms with Crippen LogP contribution in [0.5, 0.6) is 0 Å². The van der Waals surface area contributed by atoms with E-state index in [1.807, 2.05) is 18.4 Å². The lowest BCUT2D eigenvalue weighted by molar-refractivity contribution is -0.118. The number of thioether (sulfide) groups is 1. The van der Waals surface area contributed by atoms with Crippen molar-refractivity contribution in [1.82, 2.24) is 0 Å². The quantitative estimate of drug-likeness (QED) is 0.740. The van der Waals surface area contributed by atoms with Gasteiger partial charge in [-0.1, -0.05) is 29.8 Å². The number of carbonyl (C=O) groups is 1. The van der Waals surface area contributed by atoms with E-state index in [0.717, 1.165) is 11.3 Å². The molecule has 2 heteroatoms. The Kier molecular flexibility index (Phi) is 4.74. The fourth-order valence-corrected chi connectivity index (χ4v) is 1.79. The molecule has 0 aliphatic carbocycles. The number of Topliss-reactive ketones (excluding diaryl/α,β-unsaturated/α-hetero) is 1. The monoisotopic (exact) mass is 208 g/mol. The third-order valence-corrected chi connectivity index (χ3v) is 2.68. The number of benzene rings is 1. The molecule has 0 unspecified atom stereocenters. The average molecular weight is 208 g/mol. The summed E-state index contributed by atoms with van der Waals surface area (Å²) in [5, 5.41) is 0. The van der Waals surface area contributed by atoms with Gasteiger partial charge in [-0.2, -0.15) is 11.8 Å². The second kappa shape index (κ2) is 5.86. The molecule has 1 nitrogen and oxygen atoms in total. The zero-order valence-electron chi connectivity index (χ0n) is 8.75. The largest absolute Gasteiger partial charge is 0.299 e. The molecule has 1 aromatic rings. The van der Waals surface area contributed by atoms with Crippen LogP contribution in [0, 0.1) is 6.92 Å². The Morgan fingerprint density at radius 3 is 2.86 bits per heavy atom. The third-order valence-electron chi connectivity index (χ3n) is 2.07.